The number of hydrogen-bond donors (Lipinski definition) is 0. The van der Waals surface area contributed by atoms with E-state index in [-0.39, 0.29) is 12.2 Å². The van der Waals surface area contributed by atoms with Crippen molar-refractivity contribution in [1.29, 1.82) is 0 Å². The van der Waals surface area contributed by atoms with Crippen LogP contribution in [0.4, 0.5) is 0 Å². The van der Waals surface area contributed by atoms with Crippen molar-refractivity contribution in [2.45, 2.75) is 12.2 Å². The van der Waals surface area contributed by atoms with Gasteiger partial charge in [-0.25, -0.2) is 0 Å². The summed E-state index contributed by atoms with van der Waals surface area (Å²) in [6, 6.07) is 0. The second-order valence-corrected chi connectivity index (χ2v) is 2.14. The van der Waals surface area contributed by atoms with Crippen LogP contribution in [-0.2, 0) is 4.74 Å². The van der Waals surface area contributed by atoms with E-state index in [4.69, 9.17) is 27.9 Å². The van der Waals surface area contributed by atoms with Crippen molar-refractivity contribution in [3.63, 3.8) is 0 Å². The third kappa shape index (κ3) is 1.21. The number of ether oxygens (including phenoxy) is 1. The Kier molecular flexibility index (Phi) is 1.79. The van der Waals surface area contributed by atoms with E-state index < -0.39 is 0 Å². The Balaban J connectivity index is 2.06. The number of rotatable bonds is 2. The Hall–Kier alpha value is 0.540. The van der Waals surface area contributed by atoms with Crippen LogP contribution in [0, 0.1) is 0 Å². The zero-order valence-corrected chi connectivity index (χ0v) is 5.24. The minimum absolute atomic E-state index is 0.249. The lowest BCUT2D eigenvalue weighted by Crippen LogP contribution is -1.94. The fourth-order valence-corrected chi connectivity index (χ4v) is 0.994. The second-order valence-electron chi connectivity index (χ2n) is 1.52. The molecule has 0 aromatic carbocycles. The normalized spacial score (nSPS) is 38.6. The van der Waals surface area contributed by atoms with Gasteiger partial charge >= 0.3 is 0 Å². The van der Waals surface area contributed by atoms with E-state index in [1.54, 1.807) is 0 Å². The van der Waals surface area contributed by atoms with Gasteiger partial charge in [-0.3, -0.25) is 0 Å². The molecule has 0 spiro atoms. The summed E-state index contributed by atoms with van der Waals surface area (Å²) in [7, 11) is 0. The van der Waals surface area contributed by atoms with Gasteiger partial charge < -0.3 is 4.74 Å². The van der Waals surface area contributed by atoms with Crippen molar-refractivity contribution in [1.82, 2.24) is 0 Å². The van der Waals surface area contributed by atoms with E-state index >= 15 is 0 Å². The molecule has 3 heteroatoms. The molecule has 0 N–H and O–H groups in total. The molecule has 0 bridgehead atoms. The maximum absolute atomic E-state index is 5.39. The Bertz CT molecular complexity index is 58.7. The number of alkyl halides is 2. The summed E-state index contributed by atoms with van der Waals surface area (Å²) in [6.45, 7) is 0. The minimum Gasteiger partial charge on any atom is -0.367 e. The Morgan fingerprint density at radius 2 is 1.57 bits per heavy atom. The third-order valence-electron chi connectivity index (χ3n) is 0.992. The molecular weight excluding hydrogens is 135 g/mol. The molecule has 0 aliphatic carbocycles. The quantitative estimate of drug-likeness (QED) is 0.416. The summed E-state index contributed by atoms with van der Waals surface area (Å²) in [5.74, 6) is 1.16. The monoisotopic (exact) mass is 140 g/mol. The largest absolute Gasteiger partial charge is 0.367 e. The molecule has 0 aromatic heterocycles. The summed E-state index contributed by atoms with van der Waals surface area (Å²) in [6.07, 6.45) is 0.498. The maximum atomic E-state index is 5.39. The van der Waals surface area contributed by atoms with Crippen molar-refractivity contribution in [3.8, 4) is 0 Å². The van der Waals surface area contributed by atoms with E-state index in [0.717, 1.165) is 0 Å². The average molecular weight is 141 g/mol. The second kappa shape index (κ2) is 2.21. The molecule has 1 aliphatic heterocycles. The molecule has 0 radical (unpaired) electrons. The summed E-state index contributed by atoms with van der Waals surface area (Å²) < 4.78 is 4.95. The highest BCUT2D eigenvalue weighted by atomic mass is 35.5. The minimum atomic E-state index is 0.249. The first-order chi connectivity index (χ1) is 3.38. The molecule has 0 aromatic rings. The van der Waals surface area contributed by atoms with Gasteiger partial charge in [-0.05, 0) is 0 Å². The molecule has 1 nitrogen and oxygen atoms in total. The van der Waals surface area contributed by atoms with Crippen LogP contribution < -0.4 is 0 Å². The van der Waals surface area contributed by atoms with Crippen LogP contribution in [0.5, 0.6) is 0 Å². The molecule has 7 heavy (non-hydrogen) atoms. The fourth-order valence-electron chi connectivity index (χ4n) is 0.451. The predicted molar refractivity (Wildman–Crippen MR) is 30.1 cm³/mol. The molecule has 1 aliphatic rings. The van der Waals surface area contributed by atoms with E-state index in [1.807, 2.05) is 0 Å². The zero-order valence-electron chi connectivity index (χ0n) is 3.73. The summed E-state index contributed by atoms with van der Waals surface area (Å²) in [5, 5.41) is 0. The van der Waals surface area contributed by atoms with Gasteiger partial charge in [0.05, 0.1) is 24.0 Å². The first-order valence-corrected chi connectivity index (χ1v) is 3.22. The Morgan fingerprint density at radius 3 is 1.71 bits per heavy atom. The zero-order chi connectivity index (χ0) is 5.28. The highest BCUT2D eigenvalue weighted by molar-refractivity contribution is 6.19. The van der Waals surface area contributed by atoms with Crippen molar-refractivity contribution in [3.05, 3.63) is 0 Å². The predicted octanol–water partition coefficient (Wildman–Crippen LogP) is 1.23. The topological polar surface area (TPSA) is 12.5 Å². The molecule has 0 saturated carbocycles. The van der Waals surface area contributed by atoms with Gasteiger partial charge in [0.1, 0.15) is 0 Å². The van der Waals surface area contributed by atoms with Crippen molar-refractivity contribution < 1.29 is 4.74 Å². The van der Waals surface area contributed by atoms with Crippen molar-refractivity contribution in [2.75, 3.05) is 11.8 Å². The van der Waals surface area contributed by atoms with Gasteiger partial charge in [0.15, 0.2) is 0 Å². The number of halogens is 2. The van der Waals surface area contributed by atoms with E-state index in [1.165, 1.54) is 0 Å². The lowest BCUT2D eigenvalue weighted by Gasteiger charge is -1.75. The van der Waals surface area contributed by atoms with Crippen LogP contribution in [-0.4, -0.2) is 24.0 Å². The van der Waals surface area contributed by atoms with Crippen molar-refractivity contribution >= 4 is 23.2 Å². The van der Waals surface area contributed by atoms with Gasteiger partial charge in [-0.2, -0.15) is 0 Å². The molecule has 1 saturated heterocycles. The maximum Gasteiger partial charge on any atom is 0.0989 e. The van der Waals surface area contributed by atoms with Crippen LogP contribution in [0.1, 0.15) is 0 Å². The average Bonchev–Trinajstić information content (AvgIpc) is 2.43. The summed E-state index contributed by atoms with van der Waals surface area (Å²) >= 11 is 10.8. The van der Waals surface area contributed by atoms with Gasteiger partial charge in [0.2, 0.25) is 0 Å². The molecule has 2 atom stereocenters. The van der Waals surface area contributed by atoms with Gasteiger partial charge in [-0.15, -0.1) is 23.2 Å². The number of hydrogen-bond acceptors (Lipinski definition) is 1. The molecule has 42 valence electrons. The molecule has 1 unspecified atom stereocenters. The molecular formula is C4H6Cl2O. The molecule has 1 heterocycles. The number of epoxide rings is 1. The Labute approximate surface area is 52.5 Å². The summed E-state index contributed by atoms with van der Waals surface area (Å²) in [4.78, 5) is 0. The standard InChI is InChI=1S/C4H6Cl2O/c5-1-3-4(2-6)7-3/h3-4H,1-2H2/t3-,4?/m0/s1. The highest BCUT2D eigenvalue weighted by Crippen LogP contribution is 2.23. The van der Waals surface area contributed by atoms with E-state index in [9.17, 15) is 0 Å². The SMILES string of the molecule is ClCC1O[C@H]1CCl. The smallest absolute Gasteiger partial charge is 0.0989 e. The summed E-state index contributed by atoms with van der Waals surface area (Å²) in [5.41, 5.74) is 0. The first-order valence-electron chi connectivity index (χ1n) is 2.16. The highest BCUT2D eigenvalue weighted by Gasteiger charge is 2.36. The van der Waals surface area contributed by atoms with Gasteiger partial charge in [0.25, 0.3) is 0 Å². The van der Waals surface area contributed by atoms with Crippen LogP contribution >= 0.6 is 23.2 Å². The van der Waals surface area contributed by atoms with Gasteiger partial charge in [-0.1, -0.05) is 0 Å². The lowest BCUT2D eigenvalue weighted by atomic mass is 10.4. The third-order valence-corrected chi connectivity index (χ3v) is 1.60. The molecule has 1 fully saturated rings. The molecule has 0 amide bonds. The Morgan fingerprint density at radius 1 is 1.14 bits per heavy atom. The van der Waals surface area contributed by atoms with Gasteiger partial charge in [0, 0.05) is 0 Å². The van der Waals surface area contributed by atoms with Crippen LogP contribution in [0.2, 0.25) is 0 Å². The first kappa shape index (κ1) is 5.67. The fraction of sp³-hybridized carbons (Fsp3) is 1.00. The van der Waals surface area contributed by atoms with E-state index in [0.29, 0.717) is 11.8 Å². The lowest BCUT2D eigenvalue weighted by molar-refractivity contribution is 0.391. The van der Waals surface area contributed by atoms with Crippen LogP contribution in [0.25, 0.3) is 0 Å². The molecule has 1 rings (SSSR count). The van der Waals surface area contributed by atoms with Crippen LogP contribution in [0.15, 0.2) is 0 Å². The van der Waals surface area contributed by atoms with Crippen molar-refractivity contribution in [2.24, 2.45) is 0 Å². The van der Waals surface area contributed by atoms with Crippen LogP contribution in [0.3, 0.4) is 0 Å². The van der Waals surface area contributed by atoms with E-state index in [2.05, 4.69) is 0 Å².